The lowest BCUT2D eigenvalue weighted by molar-refractivity contribution is 0.0690. The Kier molecular flexibility index (Phi) is 3.11. The van der Waals surface area contributed by atoms with Crippen LogP contribution in [-0.4, -0.2) is 33.6 Å². The van der Waals surface area contributed by atoms with Crippen LogP contribution in [0, 0.1) is 0 Å². The summed E-state index contributed by atoms with van der Waals surface area (Å²) in [4.78, 5) is 14.4. The molecule has 15 heavy (non-hydrogen) atoms. The van der Waals surface area contributed by atoms with Gasteiger partial charge in [0.2, 0.25) is 0 Å². The molecule has 1 fully saturated rings. The van der Waals surface area contributed by atoms with Crippen molar-refractivity contribution < 1.29 is 9.90 Å². The molecule has 0 saturated carbocycles. The van der Waals surface area contributed by atoms with Gasteiger partial charge in [0.05, 0.1) is 11.9 Å². The van der Waals surface area contributed by atoms with E-state index in [2.05, 4.69) is 10.3 Å². The number of rotatable bonds is 3. The maximum Gasteiger partial charge on any atom is 0.354 e. The lowest BCUT2D eigenvalue weighted by Gasteiger charge is -2.11. The first-order valence-electron chi connectivity index (χ1n) is 4.79. The Hall–Kier alpha value is -1.23. The molecule has 0 bridgehead atoms. The monoisotopic (exact) mass is 224 g/mol. The highest BCUT2D eigenvalue weighted by atomic mass is 32.2. The maximum atomic E-state index is 10.6. The third-order valence-electron chi connectivity index (χ3n) is 2.28. The van der Waals surface area contributed by atoms with E-state index < -0.39 is 5.97 Å². The number of carbonyl (C=O) groups is 1. The summed E-state index contributed by atoms with van der Waals surface area (Å²) >= 11 is 1.93. The van der Waals surface area contributed by atoms with Crippen molar-refractivity contribution >= 4 is 23.4 Å². The number of anilines is 1. The minimum atomic E-state index is -0.988. The number of aromatic carboxylic acids is 1. The molecule has 1 aliphatic heterocycles. The minimum absolute atomic E-state index is 0.0846. The van der Waals surface area contributed by atoms with Gasteiger partial charge in [0.15, 0.2) is 0 Å². The van der Waals surface area contributed by atoms with Crippen LogP contribution in [0.3, 0.4) is 0 Å². The van der Waals surface area contributed by atoms with Gasteiger partial charge in [-0.05, 0) is 24.3 Å². The molecule has 0 aromatic carbocycles. The van der Waals surface area contributed by atoms with Crippen LogP contribution in [0.4, 0.5) is 5.69 Å². The summed E-state index contributed by atoms with van der Waals surface area (Å²) in [7, 11) is 0. The number of hydrogen-bond donors (Lipinski definition) is 2. The lowest BCUT2D eigenvalue weighted by atomic mass is 10.2. The minimum Gasteiger partial charge on any atom is -0.477 e. The van der Waals surface area contributed by atoms with Crippen LogP contribution >= 0.6 is 11.8 Å². The quantitative estimate of drug-likeness (QED) is 0.818. The van der Waals surface area contributed by atoms with Crippen LogP contribution < -0.4 is 5.32 Å². The zero-order chi connectivity index (χ0) is 10.7. The topological polar surface area (TPSA) is 62.2 Å². The van der Waals surface area contributed by atoms with Crippen molar-refractivity contribution in [3.63, 3.8) is 0 Å². The zero-order valence-electron chi connectivity index (χ0n) is 8.14. The number of hydrogen-bond acceptors (Lipinski definition) is 4. The highest BCUT2D eigenvalue weighted by Crippen LogP contribution is 2.20. The Morgan fingerprint density at radius 2 is 2.47 bits per heavy atom. The molecule has 5 heteroatoms. The second kappa shape index (κ2) is 4.53. The molecule has 1 atom stereocenters. The second-order valence-electron chi connectivity index (χ2n) is 3.44. The molecule has 1 saturated heterocycles. The normalized spacial score (nSPS) is 20.1. The van der Waals surface area contributed by atoms with E-state index in [0.717, 1.165) is 17.9 Å². The summed E-state index contributed by atoms with van der Waals surface area (Å²) in [6, 6.07) is 3.78. The fraction of sp³-hybridized carbons (Fsp3) is 0.400. The standard InChI is InChI=1S/C10H12N2O2S/c13-10(14)9-2-1-7(5-11-9)12-8-3-4-15-6-8/h1-2,5,8,12H,3-4,6H2,(H,13,14). The van der Waals surface area contributed by atoms with E-state index in [1.54, 1.807) is 12.3 Å². The zero-order valence-corrected chi connectivity index (χ0v) is 8.96. The Morgan fingerprint density at radius 1 is 1.60 bits per heavy atom. The Balaban J connectivity index is 2.00. The van der Waals surface area contributed by atoms with Gasteiger partial charge in [-0.3, -0.25) is 0 Å². The van der Waals surface area contributed by atoms with E-state index in [1.165, 1.54) is 11.8 Å². The third-order valence-corrected chi connectivity index (χ3v) is 3.45. The summed E-state index contributed by atoms with van der Waals surface area (Å²) in [6.45, 7) is 0. The average molecular weight is 224 g/mol. The van der Waals surface area contributed by atoms with Gasteiger partial charge in [0.1, 0.15) is 5.69 Å². The SMILES string of the molecule is O=C(O)c1ccc(NC2CCSC2)cn1. The summed E-state index contributed by atoms with van der Waals surface area (Å²) in [5.74, 6) is 1.32. The molecule has 2 N–H and O–H groups in total. The fourth-order valence-corrected chi connectivity index (χ4v) is 2.64. The first-order valence-corrected chi connectivity index (χ1v) is 5.95. The number of nitrogens with zero attached hydrogens (tertiary/aromatic N) is 1. The second-order valence-corrected chi connectivity index (χ2v) is 4.59. The highest BCUT2D eigenvalue weighted by molar-refractivity contribution is 7.99. The highest BCUT2D eigenvalue weighted by Gasteiger charge is 2.15. The molecule has 0 spiro atoms. The van der Waals surface area contributed by atoms with Crippen LogP contribution in [0.1, 0.15) is 16.9 Å². The van der Waals surface area contributed by atoms with Gasteiger partial charge in [-0.25, -0.2) is 9.78 Å². The molecular weight excluding hydrogens is 212 g/mol. The van der Waals surface area contributed by atoms with Crippen LogP contribution in [0.5, 0.6) is 0 Å². The van der Waals surface area contributed by atoms with Gasteiger partial charge in [-0.1, -0.05) is 0 Å². The van der Waals surface area contributed by atoms with Gasteiger partial charge >= 0.3 is 5.97 Å². The molecule has 1 aliphatic rings. The smallest absolute Gasteiger partial charge is 0.354 e. The van der Waals surface area contributed by atoms with Crippen LogP contribution in [0.25, 0.3) is 0 Å². The summed E-state index contributed by atoms with van der Waals surface area (Å²) in [6.07, 6.45) is 2.73. The number of carboxylic acids is 1. The fourth-order valence-electron chi connectivity index (χ4n) is 1.49. The van der Waals surface area contributed by atoms with E-state index in [4.69, 9.17) is 5.11 Å². The molecule has 1 unspecified atom stereocenters. The van der Waals surface area contributed by atoms with E-state index in [0.29, 0.717) is 6.04 Å². The molecule has 1 aromatic rings. The van der Waals surface area contributed by atoms with Crippen LogP contribution in [-0.2, 0) is 0 Å². The molecule has 0 aliphatic carbocycles. The Labute approximate surface area is 92.1 Å². The molecule has 2 heterocycles. The molecule has 4 nitrogen and oxygen atoms in total. The van der Waals surface area contributed by atoms with Gasteiger partial charge in [-0.2, -0.15) is 11.8 Å². The van der Waals surface area contributed by atoms with E-state index >= 15 is 0 Å². The van der Waals surface area contributed by atoms with Crippen molar-refractivity contribution in [2.24, 2.45) is 0 Å². The first kappa shape index (κ1) is 10.3. The molecule has 80 valence electrons. The largest absolute Gasteiger partial charge is 0.477 e. The van der Waals surface area contributed by atoms with Gasteiger partial charge in [-0.15, -0.1) is 0 Å². The predicted molar refractivity (Wildman–Crippen MR) is 60.5 cm³/mol. The summed E-state index contributed by atoms with van der Waals surface area (Å²) < 4.78 is 0. The van der Waals surface area contributed by atoms with Gasteiger partial charge in [0.25, 0.3) is 0 Å². The van der Waals surface area contributed by atoms with Gasteiger partial charge in [0, 0.05) is 11.8 Å². The number of pyridine rings is 1. The van der Waals surface area contributed by atoms with Crippen LogP contribution in [0.2, 0.25) is 0 Å². The maximum absolute atomic E-state index is 10.6. The lowest BCUT2D eigenvalue weighted by Crippen LogP contribution is -2.18. The Bertz CT molecular complexity index is 347. The number of thioether (sulfide) groups is 1. The average Bonchev–Trinajstić information content (AvgIpc) is 2.71. The molecule has 0 radical (unpaired) electrons. The number of nitrogens with one attached hydrogen (secondary N) is 1. The van der Waals surface area contributed by atoms with Crippen molar-refractivity contribution in [3.8, 4) is 0 Å². The summed E-state index contributed by atoms with van der Waals surface area (Å²) in [5, 5.41) is 12.0. The van der Waals surface area contributed by atoms with Crippen molar-refractivity contribution in [2.75, 3.05) is 16.8 Å². The summed E-state index contributed by atoms with van der Waals surface area (Å²) in [5.41, 5.74) is 0.980. The van der Waals surface area contributed by atoms with Crippen molar-refractivity contribution in [2.45, 2.75) is 12.5 Å². The first-order chi connectivity index (χ1) is 7.25. The number of aromatic nitrogens is 1. The molecular formula is C10H12N2O2S. The molecule has 2 rings (SSSR count). The molecule has 1 aromatic heterocycles. The Morgan fingerprint density at radius 3 is 3.00 bits per heavy atom. The van der Waals surface area contributed by atoms with Crippen molar-refractivity contribution in [1.29, 1.82) is 0 Å². The van der Waals surface area contributed by atoms with E-state index in [1.807, 2.05) is 11.8 Å². The predicted octanol–water partition coefficient (Wildman–Crippen LogP) is 1.70. The van der Waals surface area contributed by atoms with E-state index in [-0.39, 0.29) is 5.69 Å². The molecule has 0 amide bonds. The van der Waals surface area contributed by atoms with E-state index in [9.17, 15) is 4.79 Å². The van der Waals surface area contributed by atoms with Crippen molar-refractivity contribution in [3.05, 3.63) is 24.0 Å². The van der Waals surface area contributed by atoms with Crippen molar-refractivity contribution in [1.82, 2.24) is 4.98 Å². The van der Waals surface area contributed by atoms with Crippen LogP contribution in [0.15, 0.2) is 18.3 Å². The third kappa shape index (κ3) is 2.62. The van der Waals surface area contributed by atoms with Gasteiger partial charge < -0.3 is 10.4 Å². The number of carboxylic acid groups (broad SMARTS) is 1.